The second-order valence-electron chi connectivity index (χ2n) is 4.65. The van der Waals surface area contributed by atoms with Crippen molar-refractivity contribution in [2.45, 2.75) is 6.54 Å². The van der Waals surface area contributed by atoms with Crippen molar-refractivity contribution >= 4 is 5.91 Å². The van der Waals surface area contributed by atoms with Gasteiger partial charge in [0.25, 0.3) is 5.91 Å². The van der Waals surface area contributed by atoms with Gasteiger partial charge in [-0.3, -0.25) is 24.4 Å². The summed E-state index contributed by atoms with van der Waals surface area (Å²) in [5.41, 5.74) is 2.88. The Labute approximate surface area is 127 Å². The third kappa shape index (κ3) is 2.98. The molecule has 0 aliphatic heterocycles. The lowest BCUT2D eigenvalue weighted by Gasteiger charge is -2.04. The van der Waals surface area contributed by atoms with Crippen LogP contribution in [0, 0.1) is 0 Å². The number of hydrogen-bond acceptors (Lipinski definition) is 5. The highest BCUT2D eigenvalue weighted by atomic mass is 16.1. The maximum atomic E-state index is 12.0. The number of rotatable bonds is 4. The molecule has 3 heterocycles. The monoisotopic (exact) mass is 294 g/mol. The number of nitrogens with zero attached hydrogens (tertiary/aromatic N) is 5. The highest BCUT2D eigenvalue weighted by Crippen LogP contribution is 2.15. The molecule has 0 atom stereocenters. The maximum absolute atomic E-state index is 12.0. The molecule has 0 spiro atoms. The molecule has 3 aromatic heterocycles. The lowest BCUT2D eigenvalue weighted by molar-refractivity contribution is 0.0950. The summed E-state index contributed by atoms with van der Waals surface area (Å²) < 4.78 is 1.72. The van der Waals surface area contributed by atoms with E-state index < -0.39 is 0 Å². The first-order valence-electron chi connectivity index (χ1n) is 6.71. The van der Waals surface area contributed by atoms with Gasteiger partial charge in [0, 0.05) is 37.4 Å². The first-order valence-corrected chi connectivity index (χ1v) is 6.71. The van der Waals surface area contributed by atoms with Crippen LogP contribution < -0.4 is 5.32 Å². The van der Waals surface area contributed by atoms with Crippen LogP contribution in [-0.2, 0) is 13.6 Å². The molecule has 110 valence electrons. The van der Waals surface area contributed by atoms with Crippen molar-refractivity contribution in [3.63, 3.8) is 0 Å². The van der Waals surface area contributed by atoms with Gasteiger partial charge >= 0.3 is 0 Å². The van der Waals surface area contributed by atoms with Crippen molar-refractivity contribution in [1.82, 2.24) is 30.0 Å². The fourth-order valence-electron chi connectivity index (χ4n) is 2.00. The smallest absolute Gasteiger partial charge is 0.251 e. The highest BCUT2D eigenvalue weighted by Gasteiger charge is 2.10. The molecule has 3 aromatic rings. The number of carbonyl (C=O) groups excluding carboxylic acids is 1. The molecule has 0 aromatic carbocycles. The van der Waals surface area contributed by atoms with E-state index in [1.807, 2.05) is 13.1 Å². The largest absolute Gasteiger partial charge is 0.346 e. The molecular weight excluding hydrogens is 280 g/mol. The van der Waals surface area contributed by atoms with E-state index in [2.05, 4.69) is 25.4 Å². The van der Waals surface area contributed by atoms with Gasteiger partial charge in [-0.15, -0.1) is 0 Å². The first kappa shape index (κ1) is 13.9. The lowest BCUT2D eigenvalue weighted by atomic mass is 10.2. The Hall–Kier alpha value is -3.09. The zero-order valence-electron chi connectivity index (χ0n) is 12.0. The lowest BCUT2D eigenvalue weighted by Crippen LogP contribution is -2.23. The Kier molecular flexibility index (Phi) is 3.86. The Bertz CT molecular complexity index is 769. The third-order valence-corrected chi connectivity index (χ3v) is 3.17. The zero-order valence-corrected chi connectivity index (χ0v) is 12.0. The van der Waals surface area contributed by atoms with Crippen molar-refractivity contribution in [2.75, 3.05) is 0 Å². The van der Waals surface area contributed by atoms with Crippen LogP contribution in [0.3, 0.4) is 0 Å². The minimum absolute atomic E-state index is 0.148. The summed E-state index contributed by atoms with van der Waals surface area (Å²) in [6.07, 6.45) is 8.06. The van der Waals surface area contributed by atoms with Crippen LogP contribution in [0.1, 0.15) is 16.1 Å². The van der Waals surface area contributed by atoms with Gasteiger partial charge in [-0.25, -0.2) is 0 Å². The molecule has 1 amide bonds. The van der Waals surface area contributed by atoms with Crippen LogP contribution in [0.25, 0.3) is 11.4 Å². The Morgan fingerprint density at radius 1 is 1.14 bits per heavy atom. The molecule has 0 bridgehead atoms. The van der Waals surface area contributed by atoms with Crippen molar-refractivity contribution in [3.8, 4) is 11.4 Å². The molecule has 1 N–H and O–H groups in total. The summed E-state index contributed by atoms with van der Waals surface area (Å²) in [4.78, 5) is 24.1. The van der Waals surface area contributed by atoms with E-state index in [0.29, 0.717) is 17.8 Å². The number of carbonyl (C=O) groups is 1. The minimum Gasteiger partial charge on any atom is -0.346 e. The quantitative estimate of drug-likeness (QED) is 0.781. The van der Waals surface area contributed by atoms with E-state index in [0.717, 1.165) is 11.4 Å². The summed E-state index contributed by atoms with van der Waals surface area (Å²) in [7, 11) is 1.83. The Morgan fingerprint density at radius 3 is 2.68 bits per heavy atom. The summed E-state index contributed by atoms with van der Waals surface area (Å²) in [5.74, 6) is -0.148. The second kappa shape index (κ2) is 6.13. The van der Waals surface area contributed by atoms with Gasteiger partial charge in [0.1, 0.15) is 11.4 Å². The molecule has 0 aliphatic carbocycles. The summed E-state index contributed by atoms with van der Waals surface area (Å²) >= 11 is 0. The number of pyridine rings is 1. The molecule has 7 nitrogen and oxygen atoms in total. The SMILES string of the molecule is Cn1nc(-c2cnccn2)cc1CNC(=O)c1ccncc1. The average Bonchev–Trinajstić information content (AvgIpc) is 2.95. The van der Waals surface area contributed by atoms with Crippen molar-refractivity contribution < 1.29 is 4.79 Å². The standard InChI is InChI=1S/C15H14N6O/c1-21-12(8-13(20-21)14-10-17-6-7-18-14)9-19-15(22)11-2-4-16-5-3-11/h2-8,10H,9H2,1H3,(H,19,22). The van der Waals surface area contributed by atoms with E-state index in [4.69, 9.17) is 0 Å². The van der Waals surface area contributed by atoms with E-state index >= 15 is 0 Å². The highest BCUT2D eigenvalue weighted by molar-refractivity contribution is 5.93. The molecule has 0 saturated carbocycles. The molecular formula is C15H14N6O. The van der Waals surface area contributed by atoms with E-state index in [-0.39, 0.29) is 5.91 Å². The van der Waals surface area contributed by atoms with Gasteiger partial charge in [0.15, 0.2) is 0 Å². The summed E-state index contributed by atoms with van der Waals surface area (Å²) in [6.45, 7) is 0.380. The maximum Gasteiger partial charge on any atom is 0.251 e. The number of nitrogens with one attached hydrogen (secondary N) is 1. The third-order valence-electron chi connectivity index (χ3n) is 3.17. The van der Waals surface area contributed by atoms with Crippen LogP contribution in [0.5, 0.6) is 0 Å². The predicted molar refractivity (Wildman–Crippen MR) is 79.6 cm³/mol. The number of hydrogen-bond donors (Lipinski definition) is 1. The van der Waals surface area contributed by atoms with Gasteiger partial charge < -0.3 is 5.32 Å². The zero-order chi connectivity index (χ0) is 15.4. The van der Waals surface area contributed by atoms with Crippen molar-refractivity contribution in [2.24, 2.45) is 7.05 Å². The van der Waals surface area contributed by atoms with Crippen molar-refractivity contribution in [1.29, 1.82) is 0 Å². The fraction of sp³-hybridized carbons (Fsp3) is 0.133. The number of aromatic nitrogens is 5. The summed E-state index contributed by atoms with van der Waals surface area (Å²) in [6, 6.07) is 5.23. The van der Waals surface area contributed by atoms with E-state index in [1.165, 1.54) is 0 Å². The molecule has 7 heteroatoms. The molecule has 0 radical (unpaired) electrons. The van der Waals surface area contributed by atoms with Gasteiger partial charge in [0.2, 0.25) is 0 Å². The van der Waals surface area contributed by atoms with Gasteiger partial charge in [-0.1, -0.05) is 0 Å². The molecule has 0 fully saturated rings. The van der Waals surface area contributed by atoms with Gasteiger partial charge in [0.05, 0.1) is 18.4 Å². The molecule has 0 unspecified atom stereocenters. The van der Waals surface area contributed by atoms with E-state index in [1.54, 1.807) is 47.8 Å². The predicted octanol–water partition coefficient (Wildman–Crippen LogP) is 1.20. The van der Waals surface area contributed by atoms with Gasteiger partial charge in [-0.05, 0) is 18.2 Å². The van der Waals surface area contributed by atoms with E-state index in [9.17, 15) is 4.79 Å². The molecule has 0 saturated heterocycles. The normalized spacial score (nSPS) is 10.4. The average molecular weight is 294 g/mol. The Morgan fingerprint density at radius 2 is 1.95 bits per heavy atom. The van der Waals surface area contributed by atoms with Crippen LogP contribution in [0.2, 0.25) is 0 Å². The first-order chi connectivity index (χ1) is 10.7. The Balaban J connectivity index is 1.71. The van der Waals surface area contributed by atoms with Crippen LogP contribution in [-0.4, -0.2) is 30.6 Å². The molecule has 22 heavy (non-hydrogen) atoms. The molecule has 3 rings (SSSR count). The van der Waals surface area contributed by atoms with Crippen LogP contribution >= 0.6 is 0 Å². The number of aryl methyl sites for hydroxylation is 1. The fourth-order valence-corrected chi connectivity index (χ4v) is 2.00. The summed E-state index contributed by atoms with van der Waals surface area (Å²) in [5, 5.41) is 7.24. The van der Waals surface area contributed by atoms with Crippen LogP contribution in [0.15, 0.2) is 49.2 Å². The topological polar surface area (TPSA) is 85.6 Å². The molecule has 0 aliphatic rings. The van der Waals surface area contributed by atoms with Crippen LogP contribution in [0.4, 0.5) is 0 Å². The minimum atomic E-state index is -0.148. The van der Waals surface area contributed by atoms with Gasteiger partial charge in [-0.2, -0.15) is 5.10 Å². The second-order valence-corrected chi connectivity index (χ2v) is 4.65. The van der Waals surface area contributed by atoms with Crippen molar-refractivity contribution in [3.05, 3.63) is 60.4 Å². The number of amides is 1.